The van der Waals surface area contributed by atoms with E-state index in [2.05, 4.69) is 11.1 Å². The van der Waals surface area contributed by atoms with Crippen LogP contribution in [0.2, 0.25) is 0 Å². The van der Waals surface area contributed by atoms with Gasteiger partial charge in [0.2, 0.25) is 0 Å². The highest BCUT2D eigenvalue weighted by Crippen LogP contribution is 2.33. The van der Waals surface area contributed by atoms with Gasteiger partial charge < -0.3 is 9.79 Å². The maximum atomic E-state index is 9.47. The van der Waals surface area contributed by atoms with E-state index in [0.717, 1.165) is 7.11 Å². The molecular formula is C5H13O4P. The number of rotatable bonds is 1. The molecule has 0 radical (unpaired) electrons. The zero-order valence-electron chi connectivity index (χ0n) is 6.37. The first-order chi connectivity index (χ1) is 4.29. The van der Waals surface area contributed by atoms with Gasteiger partial charge in [-0.1, -0.05) is 5.57 Å². The number of hydrogen-bond acceptors (Lipinski definition) is 2. The fourth-order valence-corrected chi connectivity index (χ4v) is 0. The Bertz CT molecular complexity index is 133. The van der Waals surface area contributed by atoms with Crippen LogP contribution in [0.15, 0.2) is 12.2 Å². The van der Waals surface area contributed by atoms with Gasteiger partial charge in [-0.15, -0.1) is 6.58 Å². The molecule has 0 bridgehead atoms. The van der Waals surface area contributed by atoms with Crippen molar-refractivity contribution in [3.8, 4) is 0 Å². The molecule has 0 aliphatic heterocycles. The van der Waals surface area contributed by atoms with Crippen LogP contribution >= 0.6 is 7.82 Å². The Kier molecular flexibility index (Phi) is 7.04. The molecule has 0 aliphatic carbocycles. The molecule has 4 nitrogen and oxygen atoms in total. The predicted molar refractivity (Wildman–Crippen MR) is 39.5 cm³/mol. The lowest BCUT2D eigenvalue weighted by Gasteiger charge is -1.93. The lowest BCUT2D eigenvalue weighted by Crippen LogP contribution is -1.76. The average molecular weight is 168 g/mol. The van der Waals surface area contributed by atoms with E-state index in [4.69, 9.17) is 9.79 Å². The maximum Gasteiger partial charge on any atom is 0.469 e. The van der Waals surface area contributed by atoms with Gasteiger partial charge in [-0.2, -0.15) is 0 Å². The number of hydrogen-bond donors (Lipinski definition) is 2. The average Bonchev–Trinajstić information content (AvgIpc) is 1.63. The first-order valence-electron chi connectivity index (χ1n) is 2.53. The van der Waals surface area contributed by atoms with E-state index in [9.17, 15) is 4.57 Å². The minimum absolute atomic E-state index is 0.945. The molecule has 0 spiro atoms. The van der Waals surface area contributed by atoms with E-state index in [1.165, 1.54) is 5.57 Å². The van der Waals surface area contributed by atoms with Gasteiger partial charge in [-0.3, -0.25) is 4.52 Å². The van der Waals surface area contributed by atoms with Crippen LogP contribution < -0.4 is 0 Å². The van der Waals surface area contributed by atoms with Crippen molar-refractivity contribution in [1.29, 1.82) is 0 Å². The summed E-state index contributed by atoms with van der Waals surface area (Å²) >= 11 is 0. The summed E-state index contributed by atoms with van der Waals surface area (Å²) < 4.78 is 13.1. The van der Waals surface area contributed by atoms with E-state index < -0.39 is 7.82 Å². The minimum Gasteiger partial charge on any atom is -0.303 e. The van der Waals surface area contributed by atoms with Gasteiger partial charge in [-0.05, 0) is 13.8 Å². The summed E-state index contributed by atoms with van der Waals surface area (Å²) in [7, 11) is -3.20. The molecule has 0 rings (SSSR count). The third kappa shape index (κ3) is 45.3. The summed E-state index contributed by atoms with van der Waals surface area (Å²) in [6.07, 6.45) is 0. The molecule has 0 aliphatic rings. The summed E-state index contributed by atoms with van der Waals surface area (Å²) in [6.45, 7) is 7.50. The second kappa shape index (κ2) is 5.62. The molecule has 2 N–H and O–H groups in total. The first kappa shape index (κ1) is 12.5. The topological polar surface area (TPSA) is 66.8 Å². The van der Waals surface area contributed by atoms with E-state index >= 15 is 0 Å². The first-order valence-corrected chi connectivity index (χ1v) is 4.06. The molecule has 0 aromatic rings. The molecule has 0 heterocycles. The second-order valence-corrected chi connectivity index (χ2v) is 3.23. The molecule has 5 heteroatoms. The molecule has 62 valence electrons. The molecule has 10 heavy (non-hydrogen) atoms. The minimum atomic E-state index is -4.15. The van der Waals surface area contributed by atoms with Crippen molar-refractivity contribution in [2.75, 3.05) is 7.11 Å². The summed E-state index contributed by atoms with van der Waals surface area (Å²) in [5.74, 6) is 0. The third-order valence-electron chi connectivity index (χ3n) is 0.238. The second-order valence-electron chi connectivity index (χ2n) is 1.88. The van der Waals surface area contributed by atoms with Crippen LogP contribution in [0.25, 0.3) is 0 Å². The standard InChI is InChI=1S/C4H8.CH5O4P/c1-4(2)3;1-5-6(2,3)4/h1H2,2-3H3;1H3,(H2,2,3,4). The van der Waals surface area contributed by atoms with E-state index in [0.29, 0.717) is 0 Å². The Morgan fingerprint density at radius 2 is 1.60 bits per heavy atom. The van der Waals surface area contributed by atoms with Gasteiger partial charge >= 0.3 is 7.82 Å². The highest BCUT2D eigenvalue weighted by atomic mass is 31.2. The predicted octanol–water partition coefficient (Wildman–Crippen LogP) is 1.31. The van der Waals surface area contributed by atoms with Crippen LogP contribution in [0.1, 0.15) is 13.8 Å². The Morgan fingerprint density at radius 1 is 1.50 bits per heavy atom. The van der Waals surface area contributed by atoms with Crippen molar-refractivity contribution in [3.05, 3.63) is 12.2 Å². The van der Waals surface area contributed by atoms with E-state index in [1.807, 2.05) is 13.8 Å². The Morgan fingerprint density at radius 3 is 1.60 bits per heavy atom. The maximum absolute atomic E-state index is 9.47. The molecule has 0 fully saturated rings. The van der Waals surface area contributed by atoms with Crippen LogP contribution in [0.3, 0.4) is 0 Å². The van der Waals surface area contributed by atoms with Gasteiger partial charge in [0.1, 0.15) is 0 Å². The van der Waals surface area contributed by atoms with Crippen LogP contribution in [0.5, 0.6) is 0 Å². The number of phosphoric ester groups is 1. The van der Waals surface area contributed by atoms with Crippen LogP contribution in [0.4, 0.5) is 0 Å². The SMILES string of the molecule is C=C(C)C.COP(=O)(O)O. The summed E-state index contributed by atoms with van der Waals surface area (Å²) in [5.41, 5.74) is 1.17. The van der Waals surface area contributed by atoms with Crippen LogP contribution in [0, 0.1) is 0 Å². The quantitative estimate of drug-likeness (QED) is 0.457. The lowest BCUT2D eigenvalue weighted by molar-refractivity contribution is 0.235. The van der Waals surface area contributed by atoms with Crippen molar-refractivity contribution in [3.63, 3.8) is 0 Å². The molecule has 0 saturated carbocycles. The van der Waals surface area contributed by atoms with Gasteiger partial charge in [0.05, 0.1) is 0 Å². The fraction of sp³-hybridized carbons (Fsp3) is 0.600. The molecular weight excluding hydrogens is 155 g/mol. The van der Waals surface area contributed by atoms with Crippen LogP contribution in [-0.2, 0) is 9.09 Å². The van der Waals surface area contributed by atoms with Crippen molar-refractivity contribution >= 4 is 7.82 Å². The Labute approximate surface area is 60.8 Å². The number of allylic oxidation sites excluding steroid dienone is 1. The fourth-order valence-electron chi connectivity index (χ4n) is 0. The molecule has 0 atom stereocenters. The molecule has 0 aromatic heterocycles. The Hall–Kier alpha value is -0.150. The largest absolute Gasteiger partial charge is 0.469 e. The number of phosphoric acid groups is 1. The van der Waals surface area contributed by atoms with Crippen molar-refractivity contribution in [2.24, 2.45) is 0 Å². The third-order valence-corrected chi connectivity index (χ3v) is 0.714. The van der Waals surface area contributed by atoms with Crippen molar-refractivity contribution in [1.82, 2.24) is 0 Å². The summed E-state index contributed by atoms with van der Waals surface area (Å²) in [6, 6.07) is 0. The lowest BCUT2D eigenvalue weighted by atomic mass is 10.4. The molecule has 0 saturated heterocycles. The zero-order valence-corrected chi connectivity index (χ0v) is 7.26. The summed E-state index contributed by atoms with van der Waals surface area (Å²) in [4.78, 5) is 15.4. The van der Waals surface area contributed by atoms with Gasteiger partial charge in [0.15, 0.2) is 0 Å². The highest BCUT2D eigenvalue weighted by molar-refractivity contribution is 7.46. The Balaban J connectivity index is 0. The smallest absolute Gasteiger partial charge is 0.303 e. The normalized spacial score (nSPS) is 9.70. The highest BCUT2D eigenvalue weighted by Gasteiger charge is 2.07. The van der Waals surface area contributed by atoms with Gasteiger partial charge in [0.25, 0.3) is 0 Å². The van der Waals surface area contributed by atoms with Crippen LogP contribution in [-0.4, -0.2) is 16.9 Å². The van der Waals surface area contributed by atoms with Gasteiger partial charge in [0, 0.05) is 7.11 Å². The monoisotopic (exact) mass is 168 g/mol. The molecule has 0 amide bonds. The van der Waals surface area contributed by atoms with Crippen molar-refractivity contribution < 1.29 is 18.9 Å². The molecule has 0 aromatic carbocycles. The van der Waals surface area contributed by atoms with E-state index in [1.54, 1.807) is 0 Å². The zero-order chi connectivity index (χ0) is 8.78. The van der Waals surface area contributed by atoms with Crippen molar-refractivity contribution in [2.45, 2.75) is 13.8 Å². The van der Waals surface area contributed by atoms with E-state index in [-0.39, 0.29) is 0 Å². The van der Waals surface area contributed by atoms with Gasteiger partial charge in [-0.25, -0.2) is 4.57 Å². The summed E-state index contributed by atoms with van der Waals surface area (Å²) in [5, 5.41) is 0. The molecule has 0 unspecified atom stereocenters.